The van der Waals surface area contributed by atoms with Crippen molar-refractivity contribution < 1.29 is 43.2 Å². The van der Waals surface area contributed by atoms with Crippen LogP contribution in [0.3, 0.4) is 0 Å². The van der Waals surface area contributed by atoms with Crippen LogP contribution < -0.4 is 15.3 Å². The first kappa shape index (κ1) is 25.7. The fourth-order valence-corrected chi connectivity index (χ4v) is 4.71. The summed E-state index contributed by atoms with van der Waals surface area (Å²) in [6.07, 6.45) is -4.26. The second-order valence-electron chi connectivity index (χ2n) is 7.47. The Bertz CT molecular complexity index is 1060. The summed E-state index contributed by atoms with van der Waals surface area (Å²) in [5.74, 6) is -0.933. The number of aliphatic hydroxyl groups is 2. The Morgan fingerprint density at radius 3 is 2.62 bits per heavy atom. The van der Waals surface area contributed by atoms with E-state index in [1.54, 1.807) is 18.2 Å². The molecule has 186 valence electrons. The maximum Gasteiger partial charge on any atom is 0.459 e. The Labute approximate surface area is 195 Å². The fraction of sp³-hybridized carbons (Fsp3) is 0.400. The zero-order valence-corrected chi connectivity index (χ0v) is 19.4. The average Bonchev–Trinajstić information content (AvgIpc) is 3.32. The number of aliphatic hydroxyl groups excluding tert-OH is 2. The number of methoxy groups -OCH3 is 1. The van der Waals surface area contributed by atoms with E-state index in [4.69, 9.17) is 19.5 Å². The van der Waals surface area contributed by atoms with E-state index >= 15 is 0 Å². The molecule has 1 aromatic carbocycles. The molecule has 2 aromatic rings. The van der Waals surface area contributed by atoms with Crippen LogP contribution in [0.25, 0.3) is 5.70 Å². The molecule has 34 heavy (non-hydrogen) atoms. The van der Waals surface area contributed by atoms with Crippen LogP contribution in [0.2, 0.25) is 0 Å². The SMILES string of the molecule is C=C(N)c1ncn([C@@H]2O[C@H](COP(=O)(N[C@@H](C)C(=O)OC)Oc3ccccc3)[C@@H](O)[C@H]2O)c1O. The molecule has 1 aromatic heterocycles. The van der Waals surface area contributed by atoms with Crippen molar-refractivity contribution in [2.45, 2.75) is 37.5 Å². The molecule has 14 heteroatoms. The van der Waals surface area contributed by atoms with Crippen LogP contribution in [-0.4, -0.2) is 68.9 Å². The number of esters is 1. The van der Waals surface area contributed by atoms with Gasteiger partial charge in [0.1, 0.15) is 42.1 Å². The lowest BCUT2D eigenvalue weighted by Gasteiger charge is -2.24. The van der Waals surface area contributed by atoms with Crippen LogP contribution in [0, 0.1) is 0 Å². The molecule has 0 aliphatic carbocycles. The van der Waals surface area contributed by atoms with Crippen LogP contribution in [0.5, 0.6) is 11.6 Å². The Kier molecular flexibility index (Phi) is 7.97. The number of hydrogen-bond acceptors (Lipinski definition) is 11. The summed E-state index contributed by atoms with van der Waals surface area (Å²) in [5.41, 5.74) is 5.54. The minimum absolute atomic E-state index is 0.00559. The van der Waals surface area contributed by atoms with Crippen LogP contribution in [-0.2, 0) is 23.4 Å². The van der Waals surface area contributed by atoms with Gasteiger partial charge >= 0.3 is 13.7 Å². The molecule has 0 saturated carbocycles. The van der Waals surface area contributed by atoms with Crippen LogP contribution in [0.15, 0.2) is 43.2 Å². The highest BCUT2D eigenvalue weighted by molar-refractivity contribution is 7.52. The third-order valence-electron chi connectivity index (χ3n) is 4.97. The summed E-state index contributed by atoms with van der Waals surface area (Å²) in [7, 11) is -3.02. The molecule has 1 aliphatic rings. The Hall–Kier alpha value is -2.93. The molecular weight excluding hydrogens is 471 g/mol. The van der Waals surface area contributed by atoms with Gasteiger partial charge in [-0.25, -0.2) is 9.55 Å². The highest BCUT2D eigenvalue weighted by Gasteiger charge is 2.46. The van der Waals surface area contributed by atoms with Crippen LogP contribution in [0.1, 0.15) is 18.8 Å². The minimum Gasteiger partial charge on any atom is -0.493 e. The van der Waals surface area contributed by atoms with Crippen molar-refractivity contribution in [3.05, 3.63) is 48.9 Å². The third kappa shape index (κ3) is 5.58. The number of hydrogen-bond donors (Lipinski definition) is 5. The highest BCUT2D eigenvalue weighted by atomic mass is 31.2. The van der Waals surface area contributed by atoms with E-state index in [9.17, 15) is 24.7 Å². The molecule has 1 aliphatic heterocycles. The minimum atomic E-state index is -4.19. The van der Waals surface area contributed by atoms with Crippen LogP contribution >= 0.6 is 7.75 Å². The Morgan fingerprint density at radius 1 is 1.35 bits per heavy atom. The van der Waals surface area contributed by atoms with Gasteiger partial charge in [-0.1, -0.05) is 24.8 Å². The normalized spacial score (nSPS) is 24.8. The summed E-state index contributed by atoms with van der Waals surface area (Å²) < 4.78 is 35.7. The first-order valence-corrected chi connectivity index (χ1v) is 11.7. The maximum absolute atomic E-state index is 13.4. The molecular formula is C20H27N4O9P. The molecule has 6 N–H and O–H groups in total. The van der Waals surface area contributed by atoms with Gasteiger partial charge in [-0.3, -0.25) is 13.9 Å². The molecule has 13 nitrogen and oxygen atoms in total. The number of aromatic nitrogens is 2. The molecule has 2 heterocycles. The molecule has 1 unspecified atom stereocenters. The quantitative estimate of drug-likeness (QED) is 0.226. The summed E-state index contributed by atoms with van der Waals surface area (Å²) in [4.78, 5) is 15.7. The monoisotopic (exact) mass is 498 g/mol. The van der Waals surface area contributed by atoms with E-state index in [1.807, 2.05) is 0 Å². The number of carbonyl (C=O) groups excluding carboxylic acids is 1. The lowest BCUT2D eigenvalue weighted by molar-refractivity contribution is -0.142. The molecule has 1 fully saturated rings. The number of nitrogens with zero attached hydrogens (tertiary/aromatic N) is 2. The highest BCUT2D eigenvalue weighted by Crippen LogP contribution is 2.46. The largest absolute Gasteiger partial charge is 0.493 e. The molecule has 0 amide bonds. The predicted molar refractivity (Wildman–Crippen MR) is 118 cm³/mol. The van der Waals surface area contributed by atoms with Crippen molar-refractivity contribution in [3.8, 4) is 11.6 Å². The average molecular weight is 498 g/mol. The number of rotatable bonds is 10. The summed E-state index contributed by atoms with van der Waals surface area (Å²) >= 11 is 0. The third-order valence-corrected chi connectivity index (χ3v) is 6.61. The van der Waals surface area contributed by atoms with Crippen molar-refractivity contribution in [1.82, 2.24) is 14.6 Å². The van der Waals surface area contributed by atoms with Gasteiger partial charge in [-0.2, -0.15) is 5.09 Å². The number of benzene rings is 1. The van der Waals surface area contributed by atoms with E-state index in [1.165, 1.54) is 26.2 Å². The van der Waals surface area contributed by atoms with E-state index in [2.05, 4.69) is 21.4 Å². The van der Waals surface area contributed by atoms with E-state index in [0.717, 1.165) is 10.9 Å². The first-order chi connectivity index (χ1) is 16.1. The second-order valence-corrected chi connectivity index (χ2v) is 9.16. The van der Waals surface area contributed by atoms with Gasteiger partial charge in [0, 0.05) is 0 Å². The molecule has 3 rings (SSSR count). The van der Waals surface area contributed by atoms with Gasteiger partial charge in [0.2, 0.25) is 5.88 Å². The van der Waals surface area contributed by atoms with Gasteiger partial charge in [0.25, 0.3) is 0 Å². The van der Waals surface area contributed by atoms with Crippen molar-refractivity contribution in [2.24, 2.45) is 5.73 Å². The van der Waals surface area contributed by atoms with Gasteiger partial charge in [-0.15, -0.1) is 0 Å². The number of nitrogens with one attached hydrogen (secondary N) is 1. The number of ether oxygens (including phenoxy) is 2. The number of para-hydroxylation sites is 1. The van der Waals surface area contributed by atoms with E-state index in [-0.39, 0.29) is 17.1 Å². The van der Waals surface area contributed by atoms with Gasteiger partial charge in [-0.05, 0) is 19.1 Å². The number of nitrogens with two attached hydrogens (primary N) is 1. The lowest BCUT2D eigenvalue weighted by atomic mass is 10.1. The predicted octanol–water partition coefficient (Wildman–Crippen LogP) is 0.492. The molecule has 6 atom stereocenters. The molecule has 0 spiro atoms. The first-order valence-electron chi connectivity index (χ1n) is 10.1. The zero-order valence-electron chi connectivity index (χ0n) is 18.5. The lowest BCUT2D eigenvalue weighted by Crippen LogP contribution is -2.37. The van der Waals surface area contributed by atoms with Crippen molar-refractivity contribution in [1.29, 1.82) is 0 Å². The Morgan fingerprint density at radius 2 is 2.03 bits per heavy atom. The second kappa shape index (κ2) is 10.6. The number of aromatic hydroxyl groups is 1. The summed E-state index contributed by atoms with van der Waals surface area (Å²) in [6, 6.07) is 7.03. The molecule has 1 saturated heterocycles. The topological polar surface area (TPSA) is 188 Å². The van der Waals surface area contributed by atoms with Crippen LogP contribution in [0.4, 0.5) is 0 Å². The van der Waals surface area contributed by atoms with Gasteiger partial charge < -0.3 is 35.1 Å². The van der Waals surface area contributed by atoms with Crippen molar-refractivity contribution in [2.75, 3.05) is 13.7 Å². The standard InChI is InChI=1S/C20H27N4O9P/c1-11(21)15-18(27)24(10-22-15)19-17(26)16(25)14(32-19)9-31-34(29,23-12(2)20(28)30-3)33-13-7-5-4-6-8-13/h4-8,10,12,14,16-17,19,25-27H,1,9,21H2,2-3H3,(H,23,29)/t12-,14+,16+,17+,19+,34?/m0/s1. The smallest absolute Gasteiger partial charge is 0.459 e. The molecule has 0 bridgehead atoms. The summed E-state index contributed by atoms with van der Waals surface area (Å²) in [6.45, 7) is 4.39. The maximum atomic E-state index is 13.4. The van der Waals surface area contributed by atoms with Gasteiger partial charge in [0.15, 0.2) is 6.23 Å². The number of carbonyl (C=O) groups is 1. The van der Waals surface area contributed by atoms with Crippen molar-refractivity contribution in [3.63, 3.8) is 0 Å². The Balaban J connectivity index is 1.75. The van der Waals surface area contributed by atoms with E-state index < -0.39 is 56.8 Å². The fourth-order valence-electron chi connectivity index (χ4n) is 3.21. The van der Waals surface area contributed by atoms with Gasteiger partial charge in [0.05, 0.1) is 19.4 Å². The molecule has 0 radical (unpaired) electrons. The number of imidazole rings is 1. The zero-order chi connectivity index (χ0) is 25.0. The van der Waals surface area contributed by atoms with E-state index in [0.29, 0.717) is 0 Å². The summed E-state index contributed by atoms with van der Waals surface area (Å²) in [5, 5.41) is 33.7. The van der Waals surface area contributed by atoms with Crippen molar-refractivity contribution >= 4 is 19.4 Å².